The largest absolute Gasteiger partial charge is 0.481 e. The molecule has 1 aromatic heterocycles. The van der Waals surface area contributed by atoms with Crippen LogP contribution in [0.25, 0.3) is 11.0 Å². The van der Waals surface area contributed by atoms with E-state index in [1.807, 2.05) is 13.8 Å². The molecular formula is C19H21N3O6. The molecule has 3 rings (SSSR count). The summed E-state index contributed by atoms with van der Waals surface area (Å²) in [5, 5.41) is 30.7. The zero-order chi connectivity index (χ0) is 20.6. The lowest BCUT2D eigenvalue weighted by Crippen LogP contribution is -2.57. The van der Waals surface area contributed by atoms with Gasteiger partial charge in [0.05, 0.1) is 16.7 Å². The molecule has 0 saturated carbocycles. The molecule has 1 aliphatic heterocycles. The lowest BCUT2D eigenvalue weighted by atomic mass is 9.59. The van der Waals surface area contributed by atoms with Gasteiger partial charge in [0.15, 0.2) is 6.29 Å². The summed E-state index contributed by atoms with van der Waals surface area (Å²) in [5.74, 6) is -3.69. The maximum Gasteiger partial charge on any atom is 0.334 e. The van der Waals surface area contributed by atoms with E-state index in [1.165, 1.54) is 0 Å². The van der Waals surface area contributed by atoms with Crippen molar-refractivity contribution < 1.29 is 29.2 Å². The van der Waals surface area contributed by atoms with Gasteiger partial charge < -0.3 is 15.5 Å². The summed E-state index contributed by atoms with van der Waals surface area (Å²) in [7, 11) is 0. The van der Waals surface area contributed by atoms with Gasteiger partial charge >= 0.3 is 11.9 Å². The van der Waals surface area contributed by atoms with Crippen LogP contribution >= 0.6 is 0 Å². The monoisotopic (exact) mass is 387 g/mol. The van der Waals surface area contributed by atoms with Gasteiger partial charge in [0.2, 0.25) is 0 Å². The first-order valence-corrected chi connectivity index (χ1v) is 8.87. The van der Waals surface area contributed by atoms with Crippen molar-refractivity contribution in [3.8, 4) is 0 Å². The Morgan fingerprint density at radius 1 is 1.32 bits per heavy atom. The molecule has 3 atom stereocenters. The van der Waals surface area contributed by atoms with E-state index in [4.69, 9.17) is 4.63 Å². The van der Waals surface area contributed by atoms with Gasteiger partial charge in [-0.15, -0.1) is 0 Å². The molecule has 28 heavy (non-hydrogen) atoms. The number of carbonyl (C=O) groups is 3. The van der Waals surface area contributed by atoms with Crippen LogP contribution in [0.3, 0.4) is 0 Å². The van der Waals surface area contributed by atoms with E-state index in [0.29, 0.717) is 17.4 Å². The fourth-order valence-electron chi connectivity index (χ4n) is 4.30. The van der Waals surface area contributed by atoms with E-state index in [0.717, 1.165) is 0 Å². The van der Waals surface area contributed by atoms with Gasteiger partial charge in [-0.05, 0) is 41.2 Å². The molecule has 0 spiro atoms. The Morgan fingerprint density at radius 2 is 2.04 bits per heavy atom. The van der Waals surface area contributed by atoms with Crippen LogP contribution in [0, 0.1) is 11.3 Å². The van der Waals surface area contributed by atoms with Gasteiger partial charge in [0.1, 0.15) is 11.0 Å². The summed E-state index contributed by atoms with van der Waals surface area (Å²) in [6.07, 6.45) is 0.598. The second-order valence-corrected chi connectivity index (χ2v) is 7.47. The fourth-order valence-corrected chi connectivity index (χ4v) is 4.30. The van der Waals surface area contributed by atoms with Gasteiger partial charge in [0, 0.05) is 12.0 Å². The van der Waals surface area contributed by atoms with Crippen molar-refractivity contribution in [3.05, 3.63) is 35.0 Å². The summed E-state index contributed by atoms with van der Waals surface area (Å²) >= 11 is 0. The Hall–Kier alpha value is -3.23. The molecule has 0 amide bonds. The highest BCUT2D eigenvalue weighted by molar-refractivity contribution is 5.99. The number of aromatic nitrogens is 2. The average molecular weight is 387 g/mol. The minimum absolute atomic E-state index is 0.0506. The summed E-state index contributed by atoms with van der Waals surface area (Å²) in [4.78, 5) is 36.5. The summed E-state index contributed by atoms with van der Waals surface area (Å²) in [6.45, 7) is 5.38. The highest BCUT2D eigenvalue weighted by Crippen LogP contribution is 2.52. The molecule has 9 heteroatoms. The van der Waals surface area contributed by atoms with Crippen LogP contribution in [0.15, 0.2) is 34.1 Å². The normalized spacial score (nSPS) is 25.0. The topological polar surface area (TPSA) is 143 Å². The van der Waals surface area contributed by atoms with E-state index in [9.17, 15) is 24.6 Å². The highest BCUT2D eigenvalue weighted by atomic mass is 16.6. The van der Waals surface area contributed by atoms with E-state index in [-0.39, 0.29) is 29.1 Å². The molecule has 2 heterocycles. The molecule has 148 valence electrons. The average Bonchev–Trinajstić information content (AvgIpc) is 3.10. The number of aliphatic carboxylic acids is 2. The fraction of sp³-hybridized carbons (Fsp3) is 0.421. The minimum Gasteiger partial charge on any atom is -0.481 e. The molecule has 3 N–H and O–H groups in total. The zero-order valence-corrected chi connectivity index (χ0v) is 15.7. The van der Waals surface area contributed by atoms with E-state index < -0.39 is 29.3 Å². The van der Waals surface area contributed by atoms with Crippen molar-refractivity contribution >= 4 is 29.3 Å². The van der Waals surface area contributed by atoms with Crippen LogP contribution < -0.4 is 5.32 Å². The first-order chi connectivity index (χ1) is 13.2. The van der Waals surface area contributed by atoms with Crippen molar-refractivity contribution in [2.24, 2.45) is 11.3 Å². The number of carbonyl (C=O) groups excluding carboxylic acids is 1. The Labute approximate surface area is 160 Å². The SMILES string of the molecule is CC(C)CC1(C(=O)O)C(C)NC(C=O)=C(C(=O)O)C1c1cccc2nonc12. The molecule has 1 aromatic carbocycles. The standard InChI is InChI=1S/C19H21N3O6/c1-9(2)7-19(18(26)27)10(3)20-13(8-23)14(17(24)25)15(19)11-5-4-6-12-16(11)22-28-21-12/h4-6,8-10,15,20H,7H2,1-3H3,(H,24,25)(H,26,27). The molecule has 0 bridgehead atoms. The number of allylic oxidation sites excluding steroid dienone is 1. The van der Waals surface area contributed by atoms with E-state index in [2.05, 4.69) is 15.6 Å². The summed E-state index contributed by atoms with van der Waals surface area (Å²) in [5.41, 5.74) is -0.954. The maximum atomic E-state index is 12.6. The van der Waals surface area contributed by atoms with Gasteiger partial charge in [-0.25, -0.2) is 9.42 Å². The van der Waals surface area contributed by atoms with Crippen molar-refractivity contribution in [2.75, 3.05) is 0 Å². The Bertz CT molecular complexity index is 979. The lowest BCUT2D eigenvalue weighted by molar-refractivity contribution is -0.154. The second kappa shape index (κ2) is 7.06. The van der Waals surface area contributed by atoms with E-state index in [1.54, 1.807) is 25.1 Å². The number of hydrogen-bond donors (Lipinski definition) is 3. The van der Waals surface area contributed by atoms with Crippen LogP contribution in [-0.4, -0.2) is 44.8 Å². The summed E-state index contributed by atoms with van der Waals surface area (Å²) in [6, 6.07) is 4.17. The molecule has 3 unspecified atom stereocenters. The number of benzene rings is 1. The number of carboxylic acid groups (broad SMARTS) is 2. The third-order valence-corrected chi connectivity index (χ3v) is 5.36. The van der Waals surface area contributed by atoms with Crippen LogP contribution in [-0.2, 0) is 14.4 Å². The predicted octanol–water partition coefficient (Wildman–Crippen LogP) is 1.95. The van der Waals surface area contributed by atoms with Crippen molar-refractivity contribution in [2.45, 2.75) is 39.2 Å². The zero-order valence-electron chi connectivity index (χ0n) is 15.7. The second-order valence-electron chi connectivity index (χ2n) is 7.47. The maximum absolute atomic E-state index is 12.6. The molecular weight excluding hydrogens is 366 g/mol. The van der Waals surface area contributed by atoms with E-state index >= 15 is 0 Å². The van der Waals surface area contributed by atoms with Crippen molar-refractivity contribution in [3.63, 3.8) is 0 Å². The minimum atomic E-state index is -1.53. The van der Waals surface area contributed by atoms with Crippen LogP contribution in [0.5, 0.6) is 0 Å². The van der Waals surface area contributed by atoms with Crippen molar-refractivity contribution in [1.82, 2.24) is 15.6 Å². The number of rotatable bonds is 6. The number of hydrogen-bond acceptors (Lipinski definition) is 7. The Balaban J connectivity index is 2.43. The van der Waals surface area contributed by atoms with Gasteiger partial charge in [-0.1, -0.05) is 26.0 Å². The van der Waals surface area contributed by atoms with Gasteiger partial charge in [-0.3, -0.25) is 9.59 Å². The number of nitrogens with one attached hydrogen (secondary N) is 1. The van der Waals surface area contributed by atoms with Gasteiger partial charge in [0.25, 0.3) is 0 Å². The number of fused-ring (bicyclic) bond motifs is 1. The molecule has 0 saturated heterocycles. The molecule has 0 aliphatic carbocycles. The molecule has 1 aliphatic rings. The number of nitrogens with zero attached hydrogens (tertiary/aromatic N) is 2. The molecule has 0 fully saturated rings. The first kappa shape index (κ1) is 19.5. The molecule has 9 nitrogen and oxygen atoms in total. The Morgan fingerprint density at radius 3 is 2.61 bits per heavy atom. The van der Waals surface area contributed by atoms with Crippen LogP contribution in [0.1, 0.15) is 38.7 Å². The third-order valence-electron chi connectivity index (χ3n) is 5.36. The van der Waals surface area contributed by atoms with Crippen LogP contribution in [0.2, 0.25) is 0 Å². The molecule has 2 aromatic rings. The van der Waals surface area contributed by atoms with Crippen LogP contribution in [0.4, 0.5) is 0 Å². The first-order valence-electron chi connectivity index (χ1n) is 8.87. The number of aldehydes is 1. The molecule has 0 radical (unpaired) electrons. The lowest BCUT2D eigenvalue weighted by Gasteiger charge is -2.47. The quantitative estimate of drug-likeness (QED) is 0.634. The summed E-state index contributed by atoms with van der Waals surface area (Å²) < 4.78 is 4.79. The van der Waals surface area contributed by atoms with Crippen molar-refractivity contribution in [1.29, 1.82) is 0 Å². The predicted molar refractivity (Wildman–Crippen MR) is 97.4 cm³/mol. The van der Waals surface area contributed by atoms with Gasteiger partial charge in [-0.2, -0.15) is 0 Å². The third kappa shape index (κ3) is 2.83. The smallest absolute Gasteiger partial charge is 0.334 e. The number of carboxylic acids is 2. The highest BCUT2D eigenvalue weighted by Gasteiger charge is 2.57. The Kier molecular flexibility index (Phi) is 4.93.